The Balaban J connectivity index is 2.05. The fourth-order valence-corrected chi connectivity index (χ4v) is 2.62. The number of benzene rings is 1. The highest BCUT2D eigenvalue weighted by Crippen LogP contribution is 2.33. The summed E-state index contributed by atoms with van der Waals surface area (Å²) in [7, 11) is 0. The van der Waals surface area contributed by atoms with E-state index < -0.39 is 0 Å². The first kappa shape index (κ1) is 8.50. The number of aromatic nitrogens is 1. The van der Waals surface area contributed by atoms with Gasteiger partial charge < -0.3 is 5.32 Å². The number of nitrogens with zero attached hydrogens (tertiary/aromatic N) is 1. The number of para-hydroxylation sites is 1. The van der Waals surface area contributed by atoms with Gasteiger partial charge in [-0.05, 0) is 25.0 Å². The van der Waals surface area contributed by atoms with Gasteiger partial charge in [0, 0.05) is 6.04 Å². The van der Waals surface area contributed by atoms with Crippen LogP contribution < -0.4 is 5.32 Å². The van der Waals surface area contributed by atoms with Crippen molar-refractivity contribution in [3.05, 3.63) is 23.2 Å². The number of anilines is 1. The van der Waals surface area contributed by atoms with Gasteiger partial charge in [0.25, 0.3) is 0 Å². The highest BCUT2D eigenvalue weighted by atomic mass is 35.5. The monoisotopic (exact) mass is 224 g/mol. The van der Waals surface area contributed by atoms with Gasteiger partial charge >= 0.3 is 0 Å². The molecule has 1 aromatic carbocycles. The minimum absolute atomic E-state index is 0.648. The molecule has 14 heavy (non-hydrogen) atoms. The van der Waals surface area contributed by atoms with Crippen LogP contribution in [0.5, 0.6) is 0 Å². The average Bonchev–Trinajstić information content (AvgIpc) is 2.84. The van der Waals surface area contributed by atoms with E-state index >= 15 is 0 Å². The van der Waals surface area contributed by atoms with Crippen LogP contribution in [0.1, 0.15) is 12.8 Å². The maximum atomic E-state index is 6.04. The predicted molar refractivity (Wildman–Crippen MR) is 61.3 cm³/mol. The van der Waals surface area contributed by atoms with Crippen molar-refractivity contribution in [3.8, 4) is 0 Å². The van der Waals surface area contributed by atoms with Crippen molar-refractivity contribution in [2.24, 2.45) is 0 Å². The number of hydrogen-bond acceptors (Lipinski definition) is 3. The van der Waals surface area contributed by atoms with Crippen LogP contribution in [0.2, 0.25) is 5.02 Å². The Labute approximate surface area is 90.9 Å². The molecular weight excluding hydrogens is 216 g/mol. The van der Waals surface area contributed by atoms with Crippen LogP contribution in [-0.4, -0.2) is 11.0 Å². The highest BCUT2D eigenvalue weighted by Gasteiger charge is 2.22. The van der Waals surface area contributed by atoms with E-state index in [9.17, 15) is 0 Å². The van der Waals surface area contributed by atoms with Gasteiger partial charge in [0.05, 0.1) is 9.72 Å². The molecule has 0 spiro atoms. The maximum Gasteiger partial charge on any atom is 0.184 e. The van der Waals surface area contributed by atoms with Crippen molar-refractivity contribution in [1.82, 2.24) is 4.98 Å². The van der Waals surface area contributed by atoms with Gasteiger partial charge in [0.2, 0.25) is 0 Å². The molecule has 0 aliphatic heterocycles. The van der Waals surface area contributed by atoms with Crippen LogP contribution in [0.25, 0.3) is 10.2 Å². The summed E-state index contributed by atoms with van der Waals surface area (Å²) in [5, 5.41) is 5.12. The van der Waals surface area contributed by atoms with Crippen LogP contribution >= 0.6 is 22.9 Å². The predicted octanol–water partition coefficient (Wildman–Crippen LogP) is 3.52. The topological polar surface area (TPSA) is 24.9 Å². The molecule has 0 amide bonds. The van der Waals surface area contributed by atoms with Gasteiger partial charge in [0.1, 0.15) is 5.52 Å². The summed E-state index contributed by atoms with van der Waals surface area (Å²) >= 11 is 7.71. The number of hydrogen-bond donors (Lipinski definition) is 1. The molecule has 1 N–H and O–H groups in total. The van der Waals surface area contributed by atoms with Crippen LogP contribution in [0.3, 0.4) is 0 Å². The first-order valence-corrected chi connectivity index (χ1v) is 5.84. The summed E-state index contributed by atoms with van der Waals surface area (Å²) in [4.78, 5) is 4.47. The lowest BCUT2D eigenvalue weighted by molar-refractivity contribution is 1.14. The molecule has 1 saturated carbocycles. The van der Waals surface area contributed by atoms with Gasteiger partial charge in [-0.2, -0.15) is 0 Å². The maximum absolute atomic E-state index is 6.04. The normalized spacial score (nSPS) is 16.1. The summed E-state index contributed by atoms with van der Waals surface area (Å²) in [6.45, 7) is 0. The SMILES string of the molecule is Clc1cccc2sc(NC3CC3)nc12. The van der Waals surface area contributed by atoms with Gasteiger partial charge in [-0.1, -0.05) is 29.0 Å². The Kier molecular flexibility index (Phi) is 1.89. The van der Waals surface area contributed by atoms with Crippen LogP contribution in [0.15, 0.2) is 18.2 Å². The molecule has 1 aromatic heterocycles. The molecule has 1 aliphatic rings. The Morgan fingerprint density at radius 2 is 2.29 bits per heavy atom. The van der Waals surface area contributed by atoms with Gasteiger partial charge in [-0.25, -0.2) is 4.98 Å². The van der Waals surface area contributed by atoms with Crippen molar-refractivity contribution in [2.75, 3.05) is 5.32 Å². The lowest BCUT2D eigenvalue weighted by Crippen LogP contribution is -1.99. The Morgan fingerprint density at radius 3 is 3.00 bits per heavy atom. The molecular formula is C10H9ClN2S. The molecule has 1 heterocycles. The first-order chi connectivity index (χ1) is 6.83. The third-order valence-corrected chi connectivity index (χ3v) is 3.53. The standard InChI is InChI=1S/C10H9ClN2S/c11-7-2-1-3-8-9(7)13-10(14-8)12-6-4-5-6/h1-3,6H,4-5H2,(H,12,13). The lowest BCUT2D eigenvalue weighted by Gasteiger charge is -1.94. The number of rotatable bonds is 2. The van der Waals surface area contributed by atoms with Crippen molar-refractivity contribution in [1.29, 1.82) is 0 Å². The zero-order chi connectivity index (χ0) is 9.54. The Bertz CT molecular complexity index is 476. The lowest BCUT2D eigenvalue weighted by atomic mass is 10.3. The summed E-state index contributed by atoms with van der Waals surface area (Å²) in [6, 6.07) is 6.54. The van der Waals surface area contributed by atoms with E-state index in [1.165, 1.54) is 12.8 Å². The summed E-state index contributed by atoms with van der Waals surface area (Å²) < 4.78 is 1.15. The number of fused-ring (bicyclic) bond motifs is 1. The molecule has 0 unspecified atom stereocenters. The van der Waals surface area contributed by atoms with E-state index in [0.29, 0.717) is 6.04 Å². The number of nitrogens with one attached hydrogen (secondary N) is 1. The van der Waals surface area contributed by atoms with Crippen molar-refractivity contribution >= 4 is 38.3 Å². The minimum Gasteiger partial charge on any atom is -0.359 e. The largest absolute Gasteiger partial charge is 0.359 e. The third kappa shape index (κ3) is 1.47. The van der Waals surface area contributed by atoms with Gasteiger partial charge in [-0.3, -0.25) is 0 Å². The minimum atomic E-state index is 0.648. The molecule has 1 fully saturated rings. The molecule has 0 atom stereocenters. The Morgan fingerprint density at radius 1 is 1.43 bits per heavy atom. The van der Waals surface area contributed by atoms with E-state index in [0.717, 1.165) is 20.4 Å². The molecule has 2 nitrogen and oxygen atoms in total. The zero-order valence-electron chi connectivity index (χ0n) is 7.46. The Hall–Kier alpha value is -0.800. The van der Waals surface area contributed by atoms with E-state index in [1.807, 2.05) is 12.1 Å². The van der Waals surface area contributed by atoms with Crippen molar-refractivity contribution < 1.29 is 0 Å². The molecule has 4 heteroatoms. The second kappa shape index (κ2) is 3.11. The average molecular weight is 225 g/mol. The molecule has 72 valence electrons. The van der Waals surface area contributed by atoms with Gasteiger partial charge in [-0.15, -0.1) is 0 Å². The molecule has 0 radical (unpaired) electrons. The number of thiazole rings is 1. The fourth-order valence-electron chi connectivity index (χ4n) is 1.38. The third-order valence-electron chi connectivity index (χ3n) is 2.27. The fraction of sp³-hybridized carbons (Fsp3) is 0.300. The highest BCUT2D eigenvalue weighted by molar-refractivity contribution is 7.22. The van der Waals surface area contributed by atoms with E-state index in [-0.39, 0.29) is 0 Å². The zero-order valence-corrected chi connectivity index (χ0v) is 9.03. The van der Waals surface area contributed by atoms with Crippen molar-refractivity contribution in [3.63, 3.8) is 0 Å². The van der Waals surface area contributed by atoms with Crippen molar-refractivity contribution in [2.45, 2.75) is 18.9 Å². The van der Waals surface area contributed by atoms with E-state index in [4.69, 9.17) is 11.6 Å². The number of halogens is 1. The molecule has 0 saturated heterocycles. The van der Waals surface area contributed by atoms with Crippen LogP contribution in [0.4, 0.5) is 5.13 Å². The second-order valence-corrected chi connectivity index (χ2v) is 4.96. The summed E-state index contributed by atoms with van der Waals surface area (Å²) in [6.07, 6.45) is 2.54. The molecule has 1 aliphatic carbocycles. The van der Waals surface area contributed by atoms with E-state index in [2.05, 4.69) is 16.4 Å². The quantitative estimate of drug-likeness (QED) is 0.844. The first-order valence-electron chi connectivity index (χ1n) is 4.64. The summed E-state index contributed by atoms with van der Waals surface area (Å²) in [5.74, 6) is 0. The second-order valence-electron chi connectivity index (χ2n) is 3.52. The summed E-state index contributed by atoms with van der Waals surface area (Å²) in [5.41, 5.74) is 0.919. The molecule has 0 bridgehead atoms. The molecule has 2 aromatic rings. The van der Waals surface area contributed by atoms with Crippen LogP contribution in [0, 0.1) is 0 Å². The van der Waals surface area contributed by atoms with Gasteiger partial charge in [0.15, 0.2) is 5.13 Å². The van der Waals surface area contributed by atoms with Crippen LogP contribution in [-0.2, 0) is 0 Å². The van der Waals surface area contributed by atoms with E-state index in [1.54, 1.807) is 11.3 Å². The molecule has 3 rings (SSSR count). The smallest absolute Gasteiger partial charge is 0.184 e.